The lowest BCUT2D eigenvalue weighted by Crippen LogP contribution is -1.91. The van der Waals surface area contributed by atoms with Crippen LogP contribution in [0.5, 0.6) is 11.5 Å². The molecular weight excluding hydrogens is 252 g/mol. The van der Waals surface area contributed by atoms with Gasteiger partial charge in [-0.05, 0) is 18.6 Å². The molecular formula is C11H4N4O4. The predicted octanol–water partition coefficient (Wildman–Crippen LogP) is 1.65. The molecule has 1 aromatic rings. The van der Waals surface area contributed by atoms with Crippen molar-refractivity contribution < 1.29 is 19.1 Å². The topological polar surface area (TPSA) is 125 Å². The van der Waals surface area contributed by atoms with Crippen LogP contribution in [-0.2, 0) is 9.59 Å². The van der Waals surface area contributed by atoms with E-state index in [1.165, 1.54) is 37.7 Å². The zero-order chi connectivity index (χ0) is 14.3. The molecule has 0 saturated carbocycles. The standard InChI is InChI=1S/C11H4N4O4/c1-7-2-8(18-3-12)9(14-5-16)10(15-6-17)11(7)19-4-13/h2H,1H3. The Morgan fingerprint density at radius 3 is 2.16 bits per heavy atom. The number of hydrogen-bond acceptors (Lipinski definition) is 8. The van der Waals surface area contributed by atoms with E-state index in [0.29, 0.717) is 5.56 Å². The Morgan fingerprint density at radius 2 is 1.63 bits per heavy atom. The summed E-state index contributed by atoms with van der Waals surface area (Å²) in [6.45, 7) is 1.52. The van der Waals surface area contributed by atoms with Crippen LogP contribution >= 0.6 is 0 Å². The van der Waals surface area contributed by atoms with Gasteiger partial charge in [-0.1, -0.05) is 0 Å². The molecule has 0 fully saturated rings. The fourth-order valence-electron chi connectivity index (χ4n) is 1.35. The molecule has 92 valence electrons. The second-order valence-electron chi connectivity index (χ2n) is 3.01. The number of hydrogen-bond donors (Lipinski definition) is 0. The maximum absolute atomic E-state index is 10.4. The first-order chi connectivity index (χ1) is 9.19. The van der Waals surface area contributed by atoms with Crippen LogP contribution in [0.1, 0.15) is 5.56 Å². The lowest BCUT2D eigenvalue weighted by atomic mass is 10.1. The molecule has 0 atom stereocenters. The molecule has 0 radical (unpaired) electrons. The Balaban J connectivity index is 3.75. The summed E-state index contributed by atoms with van der Waals surface area (Å²) < 4.78 is 9.24. The zero-order valence-corrected chi connectivity index (χ0v) is 9.50. The van der Waals surface area contributed by atoms with Crippen LogP contribution in [0, 0.1) is 30.0 Å². The summed E-state index contributed by atoms with van der Waals surface area (Å²) in [4.78, 5) is 27.3. The normalized spacial score (nSPS) is 8.16. The molecule has 0 aliphatic rings. The van der Waals surface area contributed by atoms with E-state index in [0.717, 1.165) is 0 Å². The molecule has 8 heteroatoms. The van der Waals surface area contributed by atoms with E-state index in [4.69, 9.17) is 10.5 Å². The highest BCUT2D eigenvalue weighted by molar-refractivity contribution is 5.81. The molecule has 0 aliphatic heterocycles. The number of isocyanates is 2. The van der Waals surface area contributed by atoms with Crippen molar-refractivity contribution in [2.45, 2.75) is 6.92 Å². The van der Waals surface area contributed by atoms with Gasteiger partial charge in [0.2, 0.25) is 12.2 Å². The lowest BCUT2D eigenvalue weighted by molar-refractivity contribution is 0.491. The van der Waals surface area contributed by atoms with Crippen molar-refractivity contribution in [1.82, 2.24) is 0 Å². The third-order valence-electron chi connectivity index (χ3n) is 2.00. The lowest BCUT2D eigenvalue weighted by Gasteiger charge is -2.09. The van der Waals surface area contributed by atoms with Crippen molar-refractivity contribution in [3.05, 3.63) is 11.6 Å². The maximum Gasteiger partial charge on any atom is 0.292 e. The second-order valence-corrected chi connectivity index (χ2v) is 3.01. The Morgan fingerprint density at radius 1 is 1.05 bits per heavy atom. The van der Waals surface area contributed by atoms with E-state index < -0.39 is 0 Å². The van der Waals surface area contributed by atoms with E-state index in [2.05, 4.69) is 19.5 Å². The SMILES string of the molecule is Cc1cc(OC#N)c(N=C=O)c(N=C=O)c1OC#N. The van der Waals surface area contributed by atoms with E-state index in [9.17, 15) is 9.59 Å². The van der Waals surface area contributed by atoms with Gasteiger partial charge in [-0.15, -0.1) is 10.5 Å². The second kappa shape index (κ2) is 6.33. The van der Waals surface area contributed by atoms with Crippen LogP contribution in [-0.4, -0.2) is 12.2 Å². The fraction of sp³-hybridized carbons (Fsp3) is 0.0909. The number of carbonyl (C=O) groups excluding carboxylic acids is 2. The summed E-state index contributed by atoms with van der Waals surface area (Å²) in [6, 6.07) is 1.30. The van der Waals surface area contributed by atoms with Crippen LogP contribution < -0.4 is 9.47 Å². The van der Waals surface area contributed by atoms with Gasteiger partial charge in [-0.25, -0.2) is 9.59 Å². The van der Waals surface area contributed by atoms with E-state index in [-0.39, 0.29) is 22.9 Å². The number of benzene rings is 1. The molecule has 8 nitrogen and oxygen atoms in total. The minimum atomic E-state index is -0.254. The zero-order valence-electron chi connectivity index (χ0n) is 9.50. The summed E-state index contributed by atoms with van der Waals surface area (Å²) in [7, 11) is 0. The Labute approximate surface area is 106 Å². The highest BCUT2D eigenvalue weighted by Crippen LogP contribution is 2.46. The summed E-state index contributed by atoms with van der Waals surface area (Å²) in [5.41, 5.74) is -0.147. The van der Waals surface area contributed by atoms with E-state index in [1.807, 2.05) is 0 Å². The molecule has 19 heavy (non-hydrogen) atoms. The minimum absolute atomic E-state index is 0.0925. The Hall–Kier alpha value is -3.44. The van der Waals surface area contributed by atoms with Crippen LogP contribution in [0.25, 0.3) is 0 Å². The average Bonchev–Trinajstić information content (AvgIpc) is 2.38. The van der Waals surface area contributed by atoms with Gasteiger partial charge in [0.15, 0.2) is 22.9 Å². The van der Waals surface area contributed by atoms with Crippen molar-refractivity contribution in [1.29, 1.82) is 10.5 Å². The monoisotopic (exact) mass is 256 g/mol. The number of ether oxygens (including phenoxy) is 2. The number of nitrogens with zero attached hydrogens (tertiary/aromatic N) is 4. The molecule has 1 aromatic carbocycles. The smallest absolute Gasteiger partial charge is 0.292 e. The van der Waals surface area contributed by atoms with Crippen molar-refractivity contribution in [3.63, 3.8) is 0 Å². The van der Waals surface area contributed by atoms with Gasteiger partial charge in [0.1, 0.15) is 0 Å². The summed E-state index contributed by atoms with van der Waals surface area (Å²) in [5, 5.41) is 17.0. The maximum atomic E-state index is 10.4. The van der Waals surface area contributed by atoms with E-state index in [1.54, 1.807) is 0 Å². The largest absolute Gasteiger partial charge is 0.386 e. The van der Waals surface area contributed by atoms with E-state index >= 15 is 0 Å². The summed E-state index contributed by atoms with van der Waals surface area (Å²) in [6.07, 6.45) is 5.27. The van der Waals surface area contributed by atoms with Crippen molar-refractivity contribution in [2.75, 3.05) is 0 Å². The molecule has 0 amide bonds. The molecule has 0 aliphatic carbocycles. The molecule has 0 unspecified atom stereocenters. The molecule has 0 spiro atoms. The van der Waals surface area contributed by atoms with Gasteiger partial charge in [0.25, 0.3) is 12.5 Å². The highest BCUT2D eigenvalue weighted by Gasteiger charge is 2.19. The Bertz CT molecular complexity index is 686. The third kappa shape index (κ3) is 2.82. The fourth-order valence-corrected chi connectivity index (χ4v) is 1.35. The summed E-state index contributed by atoms with van der Waals surface area (Å²) >= 11 is 0. The van der Waals surface area contributed by atoms with Crippen LogP contribution in [0.2, 0.25) is 0 Å². The number of aryl methyl sites for hydroxylation is 1. The molecule has 0 saturated heterocycles. The predicted molar refractivity (Wildman–Crippen MR) is 59.2 cm³/mol. The van der Waals surface area contributed by atoms with Gasteiger partial charge in [-0.3, -0.25) is 0 Å². The van der Waals surface area contributed by atoms with Crippen molar-refractivity contribution in [3.8, 4) is 24.0 Å². The Kier molecular flexibility index (Phi) is 4.54. The molecule has 0 N–H and O–H groups in total. The van der Waals surface area contributed by atoms with Crippen molar-refractivity contribution in [2.24, 2.45) is 9.98 Å². The van der Waals surface area contributed by atoms with Gasteiger partial charge < -0.3 is 9.47 Å². The van der Waals surface area contributed by atoms with Crippen LogP contribution in [0.3, 0.4) is 0 Å². The van der Waals surface area contributed by atoms with Crippen molar-refractivity contribution >= 4 is 23.5 Å². The third-order valence-corrected chi connectivity index (χ3v) is 2.00. The highest BCUT2D eigenvalue weighted by atomic mass is 16.5. The first kappa shape index (κ1) is 13.6. The number of aliphatic imine (C=N–C) groups is 2. The minimum Gasteiger partial charge on any atom is -0.386 e. The molecule has 0 aromatic heterocycles. The quantitative estimate of drug-likeness (QED) is 0.458. The number of nitriles is 2. The van der Waals surface area contributed by atoms with Gasteiger partial charge in [0, 0.05) is 0 Å². The molecule has 0 heterocycles. The molecule has 0 bridgehead atoms. The molecule has 1 rings (SSSR count). The van der Waals surface area contributed by atoms with Gasteiger partial charge >= 0.3 is 0 Å². The van der Waals surface area contributed by atoms with Gasteiger partial charge in [-0.2, -0.15) is 9.98 Å². The van der Waals surface area contributed by atoms with Crippen LogP contribution in [0.15, 0.2) is 16.1 Å². The first-order valence-electron chi connectivity index (χ1n) is 4.64. The first-order valence-corrected chi connectivity index (χ1v) is 4.64. The van der Waals surface area contributed by atoms with Gasteiger partial charge in [0.05, 0.1) is 0 Å². The van der Waals surface area contributed by atoms with Crippen LogP contribution in [0.4, 0.5) is 11.4 Å². The summed E-state index contributed by atoms with van der Waals surface area (Å²) in [5.74, 6) is -0.215. The average molecular weight is 256 g/mol. The number of rotatable bonds is 4.